The molecule has 0 bridgehead atoms. The molecule has 0 atom stereocenters. The topological polar surface area (TPSA) is 65.4 Å². The summed E-state index contributed by atoms with van der Waals surface area (Å²) in [6.07, 6.45) is 3.61. The van der Waals surface area contributed by atoms with E-state index in [2.05, 4.69) is 10.4 Å². The molecule has 1 aromatic heterocycles. The Bertz CT molecular complexity index is 987. The molecule has 0 saturated carbocycles. The smallest absolute Gasteiger partial charge is 0.257 e. The van der Waals surface area contributed by atoms with Crippen LogP contribution in [0.3, 0.4) is 0 Å². The highest BCUT2D eigenvalue weighted by Gasteiger charge is 2.12. The van der Waals surface area contributed by atoms with Crippen LogP contribution in [-0.2, 0) is 24.6 Å². The molecule has 2 aromatic carbocycles. The first-order chi connectivity index (χ1) is 14.5. The van der Waals surface area contributed by atoms with Crippen LogP contribution in [0.25, 0.3) is 0 Å². The molecule has 3 rings (SSSR count). The number of benzene rings is 2. The highest BCUT2D eigenvalue weighted by molar-refractivity contribution is 6.04. The number of nitrogens with zero attached hydrogens (tertiary/aromatic N) is 2. The fourth-order valence-electron chi connectivity index (χ4n) is 3.06. The summed E-state index contributed by atoms with van der Waals surface area (Å²) in [6, 6.07) is 13.9. The van der Waals surface area contributed by atoms with Crippen molar-refractivity contribution < 1.29 is 18.7 Å². The minimum Gasteiger partial charge on any atom is -0.493 e. The van der Waals surface area contributed by atoms with Gasteiger partial charge in [-0.1, -0.05) is 18.2 Å². The molecule has 0 aliphatic carbocycles. The van der Waals surface area contributed by atoms with Crippen molar-refractivity contribution in [3.05, 3.63) is 77.2 Å². The third kappa shape index (κ3) is 6.15. The number of carbonyl (C=O) groups excluding carboxylic acids is 1. The number of methoxy groups -OCH3 is 1. The summed E-state index contributed by atoms with van der Waals surface area (Å²) in [5.74, 6) is 0.575. The Kier molecular flexibility index (Phi) is 7.57. The molecule has 158 valence electrons. The molecule has 3 aromatic rings. The second-order valence-corrected chi connectivity index (χ2v) is 6.98. The van der Waals surface area contributed by atoms with Crippen LogP contribution in [0.4, 0.5) is 10.2 Å². The van der Waals surface area contributed by atoms with E-state index in [4.69, 9.17) is 9.47 Å². The first-order valence-electron chi connectivity index (χ1n) is 9.85. The van der Waals surface area contributed by atoms with Gasteiger partial charge in [0.25, 0.3) is 5.91 Å². The predicted molar refractivity (Wildman–Crippen MR) is 113 cm³/mol. The van der Waals surface area contributed by atoms with E-state index < -0.39 is 0 Å². The van der Waals surface area contributed by atoms with Gasteiger partial charge in [-0.15, -0.1) is 0 Å². The maximum Gasteiger partial charge on any atom is 0.257 e. The zero-order valence-corrected chi connectivity index (χ0v) is 17.2. The Morgan fingerprint density at radius 2 is 1.97 bits per heavy atom. The highest BCUT2D eigenvalue weighted by Crippen LogP contribution is 2.21. The van der Waals surface area contributed by atoms with E-state index >= 15 is 0 Å². The van der Waals surface area contributed by atoms with Gasteiger partial charge in [0, 0.05) is 45.0 Å². The molecule has 0 aliphatic rings. The zero-order chi connectivity index (χ0) is 21.3. The lowest BCUT2D eigenvalue weighted by atomic mass is 10.0. The van der Waals surface area contributed by atoms with Crippen molar-refractivity contribution in [1.29, 1.82) is 0 Å². The van der Waals surface area contributed by atoms with Gasteiger partial charge < -0.3 is 14.8 Å². The highest BCUT2D eigenvalue weighted by atomic mass is 19.1. The van der Waals surface area contributed by atoms with Crippen LogP contribution < -0.4 is 10.1 Å². The minimum atomic E-state index is -0.275. The fraction of sp³-hybridized carbons (Fsp3) is 0.304. The van der Waals surface area contributed by atoms with Crippen molar-refractivity contribution in [1.82, 2.24) is 9.78 Å². The Morgan fingerprint density at radius 1 is 1.13 bits per heavy atom. The van der Waals surface area contributed by atoms with Crippen LogP contribution in [0.5, 0.6) is 5.75 Å². The monoisotopic (exact) mass is 411 g/mol. The molecule has 6 nitrogen and oxygen atoms in total. The van der Waals surface area contributed by atoms with E-state index in [0.717, 1.165) is 12.0 Å². The van der Waals surface area contributed by atoms with Crippen LogP contribution in [-0.4, -0.2) is 36.0 Å². The summed E-state index contributed by atoms with van der Waals surface area (Å²) < 4.78 is 26.4. The lowest BCUT2D eigenvalue weighted by molar-refractivity contribution is 0.102. The summed E-state index contributed by atoms with van der Waals surface area (Å²) in [5.41, 5.74) is 2.01. The van der Waals surface area contributed by atoms with Gasteiger partial charge in [0.05, 0.1) is 6.61 Å². The number of aromatic nitrogens is 2. The molecule has 0 aliphatic heterocycles. The number of amides is 1. The molecule has 0 radical (unpaired) electrons. The van der Waals surface area contributed by atoms with Gasteiger partial charge in [0.15, 0.2) is 5.82 Å². The number of hydrogen-bond donors (Lipinski definition) is 1. The molecule has 1 N–H and O–H groups in total. The Labute approximate surface area is 175 Å². The number of rotatable bonds is 10. The third-order valence-electron chi connectivity index (χ3n) is 4.59. The van der Waals surface area contributed by atoms with Crippen LogP contribution in [0.1, 0.15) is 27.9 Å². The number of aryl methyl sites for hydroxylation is 3. The third-order valence-corrected chi connectivity index (χ3v) is 4.59. The number of carbonyl (C=O) groups is 1. The number of halogens is 1. The Hall–Kier alpha value is -3.19. The largest absolute Gasteiger partial charge is 0.493 e. The SMILES string of the molecule is COCCCOc1cc(CCc2ccccc2F)cc(C(=O)Nc2ccn(C)n2)c1. The van der Waals surface area contributed by atoms with Crippen LogP contribution in [0.15, 0.2) is 54.7 Å². The molecule has 1 heterocycles. The van der Waals surface area contributed by atoms with E-state index in [1.54, 1.807) is 55.4 Å². The average Bonchev–Trinajstić information content (AvgIpc) is 3.15. The molecule has 30 heavy (non-hydrogen) atoms. The number of anilines is 1. The molecule has 0 saturated heterocycles. The zero-order valence-electron chi connectivity index (χ0n) is 17.2. The van der Waals surface area contributed by atoms with Gasteiger partial charge in [-0.25, -0.2) is 4.39 Å². The molecule has 0 unspecified atom stereocenters. The van der Waals surface area contributed by atoms with E-state index in [0.29, 0.717) is 48.7 Å². The van der Waals surface area contributed by atoms with E-state index in [-0.39, 0.29) is 11.7 Å². The lowest BCUT2D eigenvalue weighted by Gasteiger charge is -2.12. The first kappa shape index (κ1) is 21.5. The molecular weight excluding hydrogens is 385 g/mol. The van der Waals surface area contributed by atoms with Gasteiger partial charge in [-0.05, 0) is 48.2 Å². The van der Waals surface area contributed by atoms with Gasteiger partial charge in [0.1, 0.15) is 11.6 Å². The maximum absolute atomic E-state index is 14.0. The van der Waals surface area contributed by atoms with Gasteiger partial charge in [0.2, 0.25) is 0 Å². The second kappa shape index (κ2) is 10.5. The number of nitrogens with one attached hydrogen (secondary N) is 1. The lowest BCUT2D eigenvalue weighted by Crippen LogP contribution is -2.13. The fourth-order valence-corrected chi connectivity index (χ4v) is 3.06. The predicted octanol–water partition coefficient (Wildman–Crippen LogP) is 4.01. The molecule has 1 amide bonds. The van der Waals surface area contributed by atoms with E-state index in [1.165, 1.54) is 6.07 Å². The van der Waals surface area contributed by atoms with Crippen molar-refractivity contribution in [2.24, 2.45) is 7.05 Å². The molecule has 0 spiro atoms. The minimum absolute atomic E-state index is 0.224. The normalized spacial score (nSPS) is 10.8. The van der Waals surface area contributed by atoms with Crippen molar-refractivity contribution in [2.45, 2.75) is 19.3 Å². The van der Waals surface area contributed by atoms with Crippen LogP contribution >= 0.6 is 0 Å². The number of ether oxygens (including phenoxy) is 2. The average molecular weight is 411 g/mol. The van der Waals surface area contributed by atoms with Crippen molar-refractivity contribution in [3.8, 4) is 5.75 Å². The van der Waals surface area contributed by atoms with Gasteiger partial charge in [-0.3, -0.25) is 9.48 Å². The summed E-state index contributed by atoms with van der Waals surface area (Å²) >= 11 is 0. The van der Waals surface area contributed by atoms with Crippen LogP contribution in [0.2, 0.25) is 0 Å². The number of hydrogen-bond acceptors (Lipinski definition) is 4. The second-order valence-electron chi connectivity index (χ2n) is 6.98. The molecule has 0 fully saturated rings. The first-order valence-corrected chi connectivity index (χ1v) is 9.85. The summed E-state index contributed by atoms with van der Waals surface area (Å²) in [6.45, 7) is 1.08. The summed E-state index contributed by atoms with van der Waals surface area (Å²) in [5, 5.41) is 6.96. The summed E-state index contributed by atoms with van der Waals surface area (Å²) in [4.78, 5) is 12.7. The molecular formula is C23H26FN3O3. The Balaban J connectivity index is 1.76. The van der Waals surface area contributed by atoms with Crippen molar-refractivity contribution in [2.75, 3.05) is 25.6 Å². The van der Waals surface area contributed by atoms with Gasteiger partial charge >= 0.3 is 0 Å². The quantitative estimate of drug-likeness (QED) is 0.512. The van der Waals surface area contributed by atoms with E-state index in [9.17, 15) is 9.18 Å². The van der Waals surface area contributed by atoms with Crippen molar-refractivity contribution >= 4 is 11.7 Å². The van der Waals surface area contributed by atoms with Crippen LogP contribution in [0, 0.1) is 5.82 Å². The molecule has 7 heteroatoms. The van der Waals surface area contributed by atoms with E-state index in [1.807, 2.05) is 12.1 Å². The van der Waals surface area contributed by atoms with Crippen molar-refractivity contribution in [3.63, 3.8) is 0 Å². The maximum atomic E-state index is 14.0. The standard InChI is InChI=1S/C23H26FN3O3/c1-27-11-10-22(26-27)25-23(28)19-14-17(8-9-18-6-3-4-7-21(18)24)15-20(16-19)30-13-5-12-29-2/h3-4,6-7,10-11,14-16H,5,8-9,12-13H2,1-2H3,(H,25,26,28). The van der Waals surface area contributed by atoms with Gasteiger partial charge in [-0.2, -0.15) is 5.10 Å². The Morgan fingerprint density at radius 3 is 2.70 bits per heavy atom. The summed E-state index contributed by atoms with van der Waals surface area (Å²) in [7, 11) is 3.42.